The second kappa shape index (κ2) is 11.2. The van der Waals surface area contributed by atoms with Crippen molar-refractivity contribution >= 4 is 5.96 Å². The van der Waals surface area contributed by atoms with Crippen LogP contribution in [-0.2, 0) is 9.47 Å². The molecule has 3 N–H and O–H groups in total. The maximum absolute atomic E-state index is 10.7. The molecule has 2 rings (SSSR count). The van der Waals surface area contributed by atoms with E-state index in [1.54, 1.807) is 0 Å². The van der Waals surface area contributed by atoms with E-state index in [1.165, 1.54) is 0 Å². The molecular weight excluding hydrogens is 346 g/mol. The van der Waals surface area contributed by atoms with E-state index in [2.05, 4.69) is 46.2 Å². The van der Waals surface area contributed by atoms with Crippen LogP contribution in [0.25, 0.3) is 0 Å². The van der Waals surface area contributed by atoms with Crippen LogP contribution >= 0.6 is 0 Å². The smallest absolute Gasteiger partial charge is 0.191 e. The van der Waals surface area contributed by atoms with Gasteiger partial charge in [0.2, 0.25) is 0 Å². The molecule has 8 nitrogen and oxygen atoms in total. The monoisotopic (exact) mass is 385 g/mol. The van der Waals surface area contributed by atoms with E-state index < -0.39 is 5.60 Å². The Hall–Kier alpha value is -0.930. The molecule has 0 aromatic carbocycles. The Bertz CT molecular complexity index is 455. The summed E-state index contributed by atoms with van der Waals surface area (Å²) in [6, 6.07) is 0.825. The van der Waals surface area contributed by atoms with E-state index in [0.717, 1.165) is 65.1 Å². The molecule has 0 aromatic rings. The Morgan fingerprint density at radius 1 is 1.22 bits per heavy atom. The van der Waals surface area contributed by atoms with Gasteiger partial charge in [-0.15, -0.1) is 0 Å². The molecule has 0 amide bonds. The highest BCUT2D eigenvalue weighted by Crippen LogP contribution is 2.11. The van der Waals surface area contributed by atoms with E-state index >= 15 is 0 Å². The van der Waals surface area contributed by atoms with Gasteiger partial charge in [0, 0.05) is 51.4 Å². The van der Waals surface area contributed by atoms with Crippen molar-refractivity contribution in [2.45, 2.75) is 45.4 Å². The molecule has 2 aliphatic heterocycles. The lowest BCUT2D eigenvalue weighted by Crippen LogP contribution is -2.53. The van der Waals surface area contributed by atoms with E-state index in [1.807, 2.05) is 6.92 Å². The summed E-state index contributed by atoms with van der Waals surface area (Å²) >= 11 is 0. The minimum atomic E-state index is -0.857. The van der Waals surface area contributed by atoms with Crippen LogP contribution in [0.5, 0.6) is 0 Å². The Morgan fingerprint density at radius 3 is 2.59 bits per heavy atom. The number of β-amino-alcohol motifs (C(OH)–C–C–N with tert-alkyl or cyclic N) is 1. The molecule has 2 aliphatic rings. The molecule has 0 bridgehead atoms. The van der Waals surface area contributed by atoms with Gasteiger partial charge in [0.1, 0.15) is 0 Å². The number of aliphatic hydroxyl groups is 1. The third-order valence-corrected chi connectivity index (χ3v) is 5.14. The highest BCUT2D eigenvalue weighted by molar-refractivity contribution is 5.79. The Kier molecular flexibility index (Phi) is 9.25. The fourth-order valence-electron chi connectivity index (χ4n) is 3.64. The van der Waals surface area contributed by atoms with Crippen LogP contribution < -0.4 is 10.6 Å². The predicted octanol–water partition coefficient (Wildman–Crippen LogP) is -0.266. The summed E-state index contributed by atoms with van der Waals surface area (Å²) in [6.07, 6.45) is 0. The second-order valence-electron chi connectivity index (χ2n) is 7.97. The molecule has 27 heavy (non-hydrogen) atoms. The summed E-state index contributed by atoms with van der Waals surface area (Å²) in [5.41, 5.74) is -0.857. The van der Waals surface area contributed by atoms with Gasteiger partial charge in [0.05, 0.1) is 38.6 Å². The van der Waals surface area contributed by atoms with Crippen LogP contribution in [-0.4, -0.2) is 111 Å². The first-order valence-electron chi connectivity index (χ1n) is 10.3. The standard InChI is InChI=1S/C19H39N5O3/c1-5-20-18(21-12-16(2)24-8-11-27-13-17(24)3)22-14-19(4,25)15-23-6-9-26-10-7-23/h16-17,25H,5-15H2,1-4H3,(H2,20,21,22). The molecule has 158 valence electrons. The minimum absolute atomic E-state index is 0.363. The van der Waals surface area contributed by atoms with Crippen LogP contribution in [0.2, 0.25) is 0 Å². The summed E-state index contributed by atoms with van der Waals surface area (Å²) in [7, 11) is 0. The number of nitrogens with zero attached hydrogens (tertiary/aromatic N) is 3. The molecule has 0 aromatic heterocycles. The van der Waals surface area contributed by atoms with Crippen molar-refractivity contribution in [1.29, 1.82) is 0 Å². The average molecular weight is 386 g/mol. The van der Waals surface area contributed by atoms with Crippen molar-refractivity contribution in [2.75, 3.05) is 72.2 Å². The maximum Gasteiger partial charge on any atom is 0.191 e. The molecular formula is C19H39N5O3. The summed E-state index contributed by atoms with van der Waals surface area (Å²) < 4.78 is 10.9. The Balaban J connectivity index is 1.83. The molecule has 0 radical (unpaired) electrons. The summed E-state index contributed by atoms with van der Waals surface area (Å²) in [5.74, 6) is 0.757. The lowest BCUT2D eigenvalue weighted by molar-refractivity contribution is -0.0183. The van der Waals surface area contributed by atoms with Crippen LogP contribution in [0.1, 0.15) is 27.7 Å². The molecule has 0 saturated carbocycles. The number of guanidine groups is 1. The molecule has 2 fully saturated rings. The molecule has 0 spiro atoms. The van der Waals surface area contributed by atoms with E-state index in [9.17, 15) is 5.11 Å². The highest BCUT2D eigenvalue weighted by Gasteiger charge is 2.26. The van der Waals surface area contributed by atoms with Crippen LogP contribution in [0, 0.1) is 0 Å². The van der Waals surface area contributed by atoms with Crippen molar-refractivity contribution in [1.82, 2.24) is 20.4 Å². The summed E-state index contributed by atoms with van der Waals surface area (Å²) in [5, 5.41) is 17.4. The number of nitrogens with one attached hydrogen (secondary N) is 2. The van der Waals surface area contributed by atoms with Gasteiger partial charge in [-0.2, -0.15) is 0 Å². The van der Waals surface area contributed by atoms with Crippen LogP contribution in [0.15, 0.2) is 4.99 Å². The van der Waals surface area contributed by atoms with Crippen molar-refractivity contribution in [3.8, 4) is 0 Å². The second-order valence-corrected chi connectivity index (χ2v) is 7.97. The minimum Gasteiger partial charge on any atom is -0.387 e. The topological polar surface area (TPSA) is 81.6 Å². The SMILES string of the molecule is CCNC(=NCC(C)(O)CN1CCOCC1)NCC(C)N1CCOCC1C. The highest BCUT2D eigenvalue weighted by atomic mass is 16.5. The van der Waals surface area contributed by atoms with Crippen molar-refractivity contribution in [2.24, 2.45) is 4.99 Å². The van der Waals surface area contributed by atoms with E-state index in [0.29, 0.717) is 25.2 Å². The fraction of sp³-hybridized carbons (Fsp3) is 0.947. The average Bonchev–Trinajstić information content (AvgIpc) is 2.64. The molecule has 3 atom stereocenters. The van der Waals surface area contributed by atoms with Crippen LogP contribution in [0.3, 0.4) is 0 Å². The summed E-state index contributed by atoms with van der Waals surface area (Å²) in [4.78, 5) is 9.33. The van der Waals surface area contributed by atoms with Gasteiger partial charge in [0.15, 0.2) is 5.96 Å². The van der Waals surface area contributed by atoms with E-state index in [-0.39, 0.29) is 0 Å². The van der Waals surface area contributed by atoms with Gasteiger partial charge in [-0.25, -0.2) is 0 Å². The first-order chi connectivity index (χ1) is 12.9. The van der Waals surface area contributed by atoms with Crippen molar-refractivity contribution in [3.05, 3.63) is 0 Å². The maximum atomic E-state index is 10.7. The van der Waals surface area contributed by atoms with Gasteiger partial charge in [-0.1, -0.05) is 0 Å². The van der Waals surface area contributed by atoms with Gasteiger partial charge < -0.3 is 25.2 Å². The third kappa shape index (κ3) is 7.91. The van der Waals surface area contributed by atoms with Crippen molar-refractivity contribution < 1.29 is 14.6 Å². The largest absolute Gasteiger partial charge is 0.387 e. The predicted molar refractivity (Wildman–Crippen MR) is 108 cm³/mol. The molecule has 2 heterocycles. The quantitative estimate of drug-likeness (QED) is 0.392. The lowest BCUT2D eigenvalue weighted by Gasteiger charge is -2.38. The number of hydrogen-bond acceptors (Lipinski definition) is 6. The van der Waals surface area contributed by atoms with Crippen LogP contribution in [0.4, 0.5) is 0 Å². The lowest BCUT2D eigenvalue weighted by atomic mass is 10.1. The molecule has 3 unspecified atom stereocenters. The molecule has 2 saturated heterocycles. The summed E-state index contributed by atoms with van der Waals surface area (Å²) in [6.45, 7) is 16.7. The zero-order valence-corrected chi connectivity index (χ0v) is 17.5. The number of morpholine rings is 2. The normalized spacial score (nSPS) is 26.4. The Morgan fingerprint density at radius 2 is 1.93 bits per heavy atom. The van der Waals surface area contributed by atoms with Crippen molar-refractivity contribution in [3.63, 3.8) is 0 Å². The zero-order valence-electron chi connectivity index (χ0n) is 17.5. The Labute approximate surface area is 164 Å². The van der Waals surface area contributed by atoms with Gasteiger partial charge in [0.25, 0.3) is 0 Å². The fourth-order valence-corrected chi connectivity index (χ4v) is 3.64. The number of aliphatic imine (C=N–C) groups is 1. The first-order valence-corrected chi connectivity index (χ1v) is 10.3. The van der Waals surface area contributed by atoms with Gasteiger partial charge >= 0.3 is 0 Å². The number of hydrogen-bond donors (Lipinski definition) is 3. The van der Waals surface area contributed by atoms with Gasteiger partial charge in [-0.05, 0) is 27.7 Å². The van der Waals surface area contributed by atoms with E-state index in [4.69, 9.17) is 9.47 Å². The van der Waals surface area contributed by atoms with Gasteiger partial charge in [-0.3, -0.25) is 14.8 Å². The number of ether oxygens (including phenoxy) is 2. The first kappa shape index (κ1) is 22.4. The zero-order chi connectivity index (χ0) is 19.7. The third-order valence-electron chi connectivity index (χ3n) is 5.14. The molecule has 0 aliphatic carbocycles. The molecule has 8 heteroatoms. The number of rotatable bonds is 8.